The normalized spacial score (nSPS) is 10.6. The van der Waals surface area contributed by atoms with Crippen LogP contribution in [-0.4, -0.2) is 9.78 Å². The molecule has 0 bridgehead atoms. The van der Waals surface area contributed by atoms with E-state index >= 15 is 0 Å². The highest BCUT2D eigenvalue weighted by Crippen LogP contribution is 2.20. The predicted molar refractivity (Wildman–Crippen MR) is 73.7 cm³/mol. The van der Waals surface area contributed by atoms with Gasteiger partial charge in [-0.25, -0.2) is 9.07 Å². The third kappa shape index (κ3) is 2.27. The summed E-state index contributed by atoms with van der Waals surface area (Å²) >= 11 is 0. The SMILES string of the molecule is Cc1ccc(F)cc1-n1ccc(-c2ccccc2)n1. The Morgan fingerprint density at radius 1 is 1.00 bits per heavy atom. The number of benzene rings is 2. The van der Waals surface area contributed by atoms with Crippen molar-refractivity contribution in [2.75, 3.05) is 0 Å². The van der Waals surface area contributed by atoms with Crippen LogP contribution in [0.5, 0.6) is 0 Å². The molecule has 0 unspecified atom stereocenters. The number of rotatable bonds is 2. The van der Waals surface area contributed by atoms with Crippen LogP contribution in [0.3, 0.4) is 0 Å². The van der Waals surface area contributed by atoms with Crippen LogP contribution in [-0.2, 0) is 0 Å². The summed E-state index contributed by atoms with van der Waals surface area (Å²) in [7, 11) is 0. The molecule has 0 fully saturated rings. The highest BCUT2D eigenvalue weighted by atomic mass is 19.1. The van der Waals surface area contributed by atoms with Gasteiger partial charge < -0.3 is 0 Å². The molecular formula is C16H13FN2. The van der Waals surface area contributed by atoms with Gasteiger partial charge in [-0.1, -0.05) is 36.4 Å². The smallest absolute Gasteiger partial charge is 0.125 e. The molecular weight excluding hydrogens is 239 g/mol. The van der Waals surface area contributed by atoms with E-state index in [1.54, 1.807) is 10.7 Å². The summed E-state index contributed by atoms with van der Waals surface area (Å²) in [5, 5.41) is 4.50. The van der Waals surface area contributed by atoms with Crippen LogP contribution in [0.1, 0.15) is 5.56 Å². The Kier molecular flexibility index (Phi) is 2.88. The van der Waals surface area contributed by atoms with Crippen molar-refractivity contribution in [1.82, 2.24) is 9.78 Å². The zero-order chi connectivity index (χ0) is 13.2. The fourth-order valence-corrected chi connectivity index (χ4v) is 2.05. The Bertz CT molecular complexity index is 702. The molecule has 3 aromatic rings. The van der Waals surface area contributed by atoms with Crippen LogP contribution in [0.2, 0.25) is 0 Å². The van der Waals surface area contributed by atoms with Gasteiger partial charge in [-0.3, -0.25) is 0 Å². The Morgan fingerprint density at radius 3 is 2.58 bits per heavy atom. The lowest BCUT2D eigenvalue weighted by Gasteiger charge is -2.05. The third-order valence-electron chi connectivity index (χ3n) is 3.08. The standard InChI is InChI=1S/C16H13FN2/c1-12-7-8-14(17)11-16(12)19-10-9-15(18-19)13-5-3-2-4-6-13/h2-11H,1H3. The number of aromatic nitrogens is 2. The summed E-state index contributed by atoms with van der Waals surface area (Å²) in [6.07, 6.45) is 1.85. The van der Waals surface area contributed by atoms with E-state index in [2.05, 4.69) is 5.10 Å². The topological polar surface area (TPSA) is 17.8 Å². The predicted octanol–water partition coefficient (Wildman–Crippen LogP) is 3.99. The minimum Gasteiger partial charge on any atom is -0.240 e. The maximum Gasteiger partial charge on any atom is 0.125 e. The molecule has 0 aliphatic carbocycles. The van der Waals surface area contributed by atoms with Crippen molar-refractivity contribution >= 4 is 0 Å². The molecule has 0 aliphatic rings. The van der Waals surface area contributed by atoms with Crippen LogP contribution in [0.25, 0.3) is 16.9 Å². The summed E-state index contributed by atoms with van der Waals surface area (Å²) in [4.78, 5) is 0. The number of aryl methyl sites for hydroxylation is 1. The molecule has 3 heteroatoms. The number of halogens is 1. The van der Waals surface area contributed by atoms with Crippen molar-refractivity contribution in [2.24, 2.45) is 0 Å². The van der Waals surface area contributed by atoms with Crippen LogP contribution in [0.4, 0.5) is 4.39 Å². The van der Waals surface area contributed by atoms with Crippen LogP contribution in [0.15, 0.2) is 60.8 Å². The van der Waals surface area contributed by atoms with Crippen molar-refractivity contribution in [3.63, 3.8) is 0 Å². The molecule has 0 atom stereocenters. The summed E-state index contributed by atoms with van der Waals surface area (Å²) in [5.41, 5.74) is 3.69. The maximum atomic E-state index is 13.3. The number of hydrogen-bond donors (Lipinski definition) is 0. The molecule has 1 heterocycles. The number of nitrogens with zero attached hydrogens (tertiary/aromatic N) is 2. The lowest BCUT2D eigenvalue weighted by molar-refractivity contribution is 0.625. The van der Waals surface area contributed by atoms with E-state index in [9.17, 15) is 4.39 Å². The fourth-order valence-electron chi connectivity index (χ4n) is 2.05. The highest BCUT2D eigenvalue weighted by molar-refractivity contribution is 5.58. The van der Waals surface area contributed by atoms with E-state index in [0.717, 1.165) is 22.5 Å². The van der Waals surface area contributed by atoms with E-state index < -0.39 is 0 Å². The maximum absolute atomic E-state index is 13.3. The van der Waals surface area contributed by atoms with Gasteiger partial charge >= 0.3 is 0 Å². The number of hydrogen-bond acceptors (Lipinski definition) is 1. The van der Waals surface area contributed by atoms with E-state index in [1.165, 1.54) is 12.1 Å². The summed E-state index contributed by atoms with van der Waals surface area (Å²) in [6, 6.07) is 16.6. The second-order valence-corrected chi connectivity index (χ2v) is 4.44. The molecule has 0 amide bonds. The van der Waals surface area contributed by atoms with Crippen molar-refractivity contribution < 1.29 is 4.39 Å². The van der Waals surface area contributed by atoms with E-state index in [-0.39, 0.29) is 5.82 Å². The lowest BCUT2D eigenvalue weighted by Crippen LogP contribution is -1.98. The molecule has 1 aromatic heterocycles. The second kappa shape index (κ2) is 4.69. The first-order valence-corrected chi connectivity index (χ1v) is 6.12. The van der Waals surface area contributed by atoms with Crippen LogP contribution < -0.4 is 0 Å². The van der Waals surface area contributed by atoms with Gasteiger partial charge in [-0.15, -0.1) is 0 Å². The van der Waals surface area contributed by atoms with Gasteiger partial charge in [-0.2, -0.15) is 5.10 Å². The zero-order valence-corrected chi connectivity index (χ0v) is 10.5. The molecule has 2 nitrogen and oxygen atoms in total. The van der Waals surface area contributed by atoms with Crippen molar-refractivity contribution in [1.29, 1.82) is 0 Å². The zero-order valence-electron chi connectivity index (χ0n) is 10.5. The minimum absolute atomic E-state index is 0.252. The van der Waals surface area contributed by atoms with Gasteiger partial charge in [0.15, 0.2) is 0 Å². The van der Waals surface area contributed by atoms with Gasteiger partial charge in [0.05, 0.1) is 11.4 Å². The Morgan fingerprint density at radius 2 is 1.79 bits per heavy atom. The molecule has 0 N–H and O–H groups in total. The molecule has 0 aliphatic heterocycles. The highest BCUT2D eigenvalue weighted by Gasteiger charge is 2.06. The molecule has 0 saturated carbocycles. The largest absolute Gasteiger partial charge is 0.240 e. The first-order chi connectivity index (χ1) is 9.24. The van der Waals surface area contributed by atoms with Gasteiger partial charge in [0.1, 0.15) is 5.82 Å². The Hall–Kier alpha value is -2.42. The Labute approximate surface area is 111 Å². The van der Waals surface area contributed by atoms with Gasteiger partial charge in [0, 0.05) is 11.8 Å². The first-order valence-electron chi connectivity index (χ1n) is 6.12. The molecule has 3 rings (SSSR count). The van der Waals surface area contributed by atoms with E-state index in [1.807, 2.05) is 49.5 Å². The van der Waals surface area contributed by atoms with Gasteiger partial charge in [-0.05, 0) is 30.7 Å². The van der Waals surface area contributed by atoms with E-state index in [4.69, 9.17) is 0 Å². The Balaban J connectivity index is 2.04. The molecule has 0 radical (unpaired) electrons. The van der Waals surface area contributed by atoms with Crippen molar-refractivity contribution in [3.8, 4) is 16.9 Å². The minimum atomic E-state index is -0.252. The van der Waals surface area contributed by atoms with Crippen LogP contribution >= 0.6 is 0 Å². The quantitative estimate of drug-likeness (QED) is 0.674. The summed E-state index contributed by atoms with van der Waals surface area (Å²) in [6.45, 7) is 1.94. The fraction of sp³-hybridized carbons (Fsp3) is 0.0625. The first kappa shape index (κ1) is 11.7. The molecule has 94 valence electrons. The average Bonchev–Trinajstić information content (AvgIpc) is 2.92. The summed E-state index contributed by atoms with van der Waals surface area (Å²) in [5.74, 6) is -0.252. The molecule has 2 aromatic carbocycles. The average molecular weight is 252 g/mol. The molecule has 19 heavy (non-hydrogen) atoms. The molecule has 0 saturated heterocycles. The van der Waals surface area contributed by atoms with E-state index in [0.29, 0.717) is 0 Å². The third-order valence-corrected chi connectivity index (χ3v) is 3.08. The summed E-state index contributed by atoms with van der Waals surface area (Å²) < 4.78 is 15.0. The van der Waals surface area contributed by atoms with Crippen molar-refractivity contribution in [3.05, 3.63) is 72.2 Å². The van der Waals surface area contributed by atoms with Crippen LogP contribution in [0, 0.1) is 12.7 Å². The lowest BCUT2D eigenvalue weighted by atomic mass is 10.2. The monoisotopic (exact) mass is 252 g/mol. The van der Waals surface area contributed by atoms with Gasteiger partial charge in [0.25, 0.3) is 0 Å². The van der Waals surface area contributed by atoms with Gasteiger partial charge in [0.2, 0.25) is 0 Å². The molecule has 0 spiro atoms. The van der Waals surface area contributed by atoms with Crippen molar-refractivity contribution in [2.45, 2.75) is 6.92 Å². The second-order valence-electron chi connectivity index (χ2n) is 4.44.